The molecule has 2 aromatic heterocycles. The van der Waals surface area contributed by atoms with Crippen molar-refractivity contribution < 1.29 is 0 Å². The normalized spacial score (nSPS) is 20.0. The van der Waals surface area contributed by atoms with Gasteiger partial charge in [0.15, 0.2) is 0 Å². The minimum absolute atomic E-state index is 0.150. The van der Waals surface area contributed by atoms with Crippen LogP contribution in [0.4, 0.5) is 0 Å². The van der Waals surface area contributed by atoms with Gasteiger partial charge in [0.1, 0.15) is 11.6 Å². The summed E-state index contributed by atoms with van der Waals surface area (Å²) in [6.07, 6.45) is 2.34. The van der Waals surface area contributed by atoms with Crippen LogP contribution < -0.4 is 5.32 Å². The molecule has 0 aliphatic carbocycles. The van der Waals surface area contributed by atoms with Crippen LogP contribution in [0, 0.1) is 0 Å². The van der Waals surface area contributed by atoms with Crippen molar-refractivity contribution >= 4 is 11.3 Å². The average Bonchev–Trinajstić information content (AvgIpc) is 3.22. The fraction of sp³-hybridized carbons (Fsp3) is 0.722. The minimum Gasteiger partial charge on any atom is -0.312 e. The van der Waals surface area contributed by atoms with E-state index in [0.717, 1.165) is 45.1 Å². The van der Waals surface area contributed by atoms with Gasteiger partial charge in [0.05, 0.1) is 17.2 Å². The molecule has 2 aliphatic heterocycles. The molecule has 4 rings (SSSR count). The van der Waals surface area contributed by atoms with Gasteiger partial charge in [-0.3, -0.25) is 4.90 Å². The van der Waals surface area contributed by atoms with Gasteiger partial charge in [0.25, 0.3) is 0 Å². The maximum absolute atomic E-state index is 4.85. The number of nitrogens with zero attached hydrogens (tertiary/aromatic N) is 5. The molecule has 0 radical (unpaired) electrons. The summed E-state index contributed by atoms with van der Waals surface area (Å²) >= 11 is 1.79. The molecule has 4 heterocycles. The molecule has 0 saturated carbocycles. The minimum atomic E-state index is 0.150. The fourth-order valence-corrected chi connectivity index (χ4v) is 4.62. The van der Waals surface area contributed by atoms with Gasteiger partial charge in [0, 0.05) is 36.3 Å². The predicted octanol–water partition coefficient (Wildman–Crippen LogP) is 2.51. The molecule has 1 N–H and O–H groups in total. The Kier molecular flexibility index (Phi) is 4.64. The van der Waals surface area contributed by atoms with Gasteiger partial charge in [-0.2, -0.15) is 0 Å². The molecule has 2 aromatic rings. The van der Waals surface area contributed by atoms with Gasteiger partial charge >= 0.3 is 0 Å². The lowest BCUT2D eigenvalue weighted by Crippen LogP contribution is -2.34. The van der Waals surface area contributed by atoms with Crippen molar-refractivity contribution in [2.75, 3.05) is 19.6 Å². The van der Waals surface area contributed by atoms with E-state index in [9.17, 15) is 0 Å². The summed E-state index contributed by atoms with van der Waals surface area (Å²) in [6, 6.07) is 0. The number of hydrogen-bond donors (Lipinski definition) is 1. The largest absolute Gasteiger partial charge is 0.312 e. The predicted molar refractivity (Wildman–Crippen MR) is 99.8 cm³/mol. The smallest absolute Gasteiger partial charge is 0.147 e. The first-order chi connectivity index (χ1) is 12.0. The molecule has 25 heavy (non-hydrogen) atoms. The lowest BCUT2D eigenvalue weighted by Gasteiger charge is -2.31. The van der Waals surface area contributed by atoms with Gasteiger partial charge < -0.3 is 9.88 Å². The SMILES string of the molecule is CC(C)(C)c1nc(CN2CCC(c3nnc4n3CCNC4)CC2)cs1. The van der Waals surface area contributed by atoms with E-state index >= 15 is 0 Å². The molecule has 136 valence electrons. The number of likely N-dealkylation sites (tertiary alicyclic amines) is 1. The maximum atomic E-state index is 4.85. The number of hydrogen-bond acceptors (Lipinski definition) is 6. The Balaban J connectivity index is 1.36. The van der Waals surface area contributed by atoms with Crippen LogP contribution in [0.5, 0.6) is 0 Å². The second-order valence-electron chi connectivity index (χ2n) is 8.25. The van der Waals surface area contributed by atoms with Gasteiger partial charge in [0.2, 0.25) is 0 Å². The molecular weight excluding hydrogens is 332 g/mol. The summed E-state index contributed by atoms with van der Waals surface area (Å²) in [4.78, 5) is 7.38. The molecule has 1 fully saturated rings. The summed E-state index contributed by atoms with van der Waals surface area (Å²) < 4.78 is 2.34. The number of nitrogens with one attached hydrogen (secondary N) is 1. The number of fused-ring (bicyclic) bond motifs is 1. The van der Waals surface area contributed by atoms with Crippen LogP contribution in [0.15, 0.2) is 5.38 Å². The van der Waals surface area contributed by atoms with E-state index in [1.807, 2.05) is 0 Å². The zero-order chi connectivity index (χ0) is 17.4. The molecule has 2 aliphatic rings. The van der Waals surface area contributed by atoms with Crippen LogP contribution in [-0.4, -0.2) is 44.3 Å². The third-order valence-corrected chi connectivity index (χ3v) is 6.50. The highest BCUT2D eigenvalue weighted by atomic mass is 32.1. The standard InChI is InChI=1S/C18H28N6S/c1-18(2,3)17-20-14(12-25-17)11-23-7-4-13(5-8-23)16-22-21-15-10-19-6-9-24(15)16/h12-13,19H,4-11H2,1-3H3. The molecule has 1 saturated heterocycles. The highest BCUT2D eigenvalue weighted by Gasteiger charge is 2.27. The molecule has 0 unspecified atom stereocenters. The zero-order valence-electron chi connectivity index (χ0n) is 15.5. The molecule has 7 heteroatoms. The molecule has 0 spiro atoms. The Labute approximate surface area is 153 Å². The Morgan fingerprint density at radius 1 is 1.20 bits per heavy atom. The van der Waals surface area contributed by atoms with Crippen molar-refractivity contribution in [3.63, 3.8) is 0 Å². The Bertz CT molecular complexity index is 720. The van der Waals surface area contributed by atoms with E-state index in [1.54, 1.807) is 11.3 Å². The summed E-state index contributed by atoms with van der Waals surface area (Å²) in [5.74, 6) is 2.86. The fourth-order valence-electron chi connectivity index (χ4n) is 3.72. The molecule has 0 bridgehead atoms. The summed E-state index contributed by atoms with van der Waals surface area (Å²) in [6.45, 7) is 12.8. The topological polar surface area (TPSA) is 58.9 Å². The van der Waals surface area contributed by atoms with Gasteiger partial charge in [-0.25, -0.2) is 4.98 Å². The van der Waals surface area contributed by atoms with Gasteiger partial charge in [-0.15, -0.1) is 21.5 Å². The van der Waals surface area contributed by atoms with Crippen LogP contribution >= 0.6 is 11.3 Å². The van der Waals surface area contributed by atoms with Crippen LogP contribution in [0.3, 0.4) is 0 Å². The van der Waals surface area contributed by atoms with E-state index < -0.39 is 0 Å². The van der Waals surface area contributed by atoms with Gasteiger partial charge in [-0.05, 0) is 25.9 Å². The molecular formula is C18H28N6S. The summed E-state index contributed by atoms with van der Waals surface area (Å²) in [5, 5.41) is 15.7. The number of rotatable bonds is 3. The van der Waals surface area contributed by atoms with E-state index in [1.165, 1.54) is 29.4 Å². The van der Waals surface area contributed by atoms with Crippen LogP contribution in [0.1, 0.15) is 61.9 Å². The third kappa shape index (κ3) is 3.64. The van der Waals surface area contributed by atoms with Crippen LogP contribution in [0.2, 0.25) is 0 Å². The van der Waals surface area contributed by atoms with E-state index in [0.29, 0.717) is 5.92 Å². The Morgan fingerprint density at radius 2 is 2.00 bits per heavy atom. The van der Waals surface area contributed by atoms with Crippen molar-refractivity contribution in [2.45, 2.75) is 64.6 Å². The maximum Gasteiger partial charge on any atom is 0.147 e. The highest BCUT2D eigenvalue weighted by molar-refractivity contribution is 7.09. The quantitative estimate of drug-likeness (QED) is 0.911. The molecule has 0 amide bonds. The van der Waals surface area contributed by atoms with E-state index in [2.05, 4.69) is 51.1 Å². The van der Waals surface area contributed by atoms with Crippen molar-refractivity contribution in [1.82, 2.24) is 30.0 Å². The first-order valence-electron chi connectivity index (χ1n) is 9.30. The van der Waals surface area contributed by atoms with Crippen molar-refractivity contribution in [2.24, 2.45) is 0 Å². The molecule has 6 nitrogen and oxygen atoms in total. The van der Waals surface area contributed by atoms with E-state index in [4.69, 9.17) is 4.98 Å². The van der Waals surface area contributed by atoms with E-state index in [-0.39, 0.29) is 5.41 Å². The monoisotopic (exact) mass is 360 g/mol. The van der Waals surface area contributed by atoms with Gasteiger partial charge in [-0.1, -0.05) is 20.8 Å². The first kappa shape index (κ1) is 17.1. The van der Waals surface area contributed by atoms with Crippen molar-refractivity contribution in [3.05, 3.63) is 27.7 Å². The van der Waals surface area contributed by atoms with Crippen molar-refractivity contribution in [3.8, 4) is 0 Å². The highest BCUT2D eigenvalue weighted by Crippen LogP contribution is 2.30. The second-order valence-corrected chi connectivity index (χ2v) is 9.11. The number of aromatic nitrogens is 4. The van der Waals surface area contributed by atoms with Crippen molar-refractivity contribution in [1.29, 1.82) is 0 Å². The lowest BCUT2D eigenvalue weighted by atomic mass is 9.95. The van der Waals surface area contributed by atoms with Crippen LogP contribution in [0.25, 0.3) is 0 Å². The molecule has 0 atom stereocenters. The number of thiazole rings is 1. The second kappa shape index (κ2) is 6.78. The first-order valence-corrected chi connectivity index (χ1v) is 10.2. The summed E-state index contributed by atoms with van der Waals surface area (Å²) in [7, 11) is 0. The third-order valence-electron chi connectivity index (χ3n) is 5.18. The summed E-state index contributed by atoms with van der Waals surface area (Å²) in [5.41, 5.74) is 1.37. The zero-order valence-corrected chi connectivity index (χ0v) is 16.3. The lowest BCUT2D eigenvalue weighted by molar-refractivity contribution is 0.197. The van der Waals surface area contributed by atoms with Crippen LogP contribution in [-0.2, 0) is 25.0 Å². The Morgan fingerprint density at radius 3 is 2.72 bits per heavy atom. The molecule has 0 aromatic carbocycles. The Hall–Kier alpha value is -1.31. The number of piperidine rings is 1. The average molecular weight is 361 g/mol.